The maximum Gasteiger partial charge on any atom is 0.490 e. The molecule has 154 valence electrons. The van der Waals surface area contributed by atoms with E-state index >= 15 is 0 Å². The standard InChI is InChI=1S/C16H27N3O.C2HF3O2/c17-15(19-3-1-14(20)2-4-19)18-16-8-11-5-12(9-16)7-13(6-11)10-16;3-2(4,5)1(6)7/h11-14,20H,1-10H2,(H2,17,18);(H,6,7). The second-order valence-electron chi connectivity index (χ2n) is 8.63. The lowest BCUT2D eigenvalue weighted by Crippen LogP contribution is -2.52. The predicted molar refractivity (Wildman–Crippen MR) is 93.0 cm³/mol. The molecule has 0 unspecified atom stereocenters. The molecule has 4 bridgehead atoms. The summed E-state index contributed by atoms with van der Waals surface area (Å²) in [6.07, 6.45) is 4.61. The van der Waals surface area contributed by atoms with Crippen LogP contribution in [0.5, 0.6) is 0 Å². The highest BCUT2D eigenvalue weighted by Crippen LogP contribution is 2.57. The largest absolute Gasteiger partial charge is 0.490 e. The number of aliphatic imine (C=N–C) groups is 1. The van der Waals surface area contributed by atoms with E-state index in [4.69, 9.17) is 20.6 Å². The zero-order valence-corrected chi connectivity index (χ0v) is 15.3. The average Bonchev–Trinajstić information content (AvgIpc) is 2.53. The van der Waals surface area contributed by atoms with Gasteiger partial charge in [-0.05, 0) is 69.1 Å². The Labute approximate surface area is 156 Å². The van der Waals surface area contributed by atoms with Gasteiger partial charge in [0.25, 0.3) is 0 Å². The van der Waals surface area contributed by atoms with Crippen LogP contribution in [0.1, 0.15) is 51.4 Å². The molecule has 0 atom stereocenters. The SMILES string of the molecule is NC(=NC12CC3CC(CC(C3)C1)C2)N1CCC(O)CC1.O=C(O)C(F)(F)F. The van der Waals surface area contributed by atoms with Crippen molar-refractivity contribution in [3.05, 3.63) is 0 Å². The van der Waals surface area contributed by atoms with Gasteiger partial charge in [0, 0.05) is 13.1 Å². The van der Waals surface area contributed by atoms with E-state index in [0.717, 1.165) is 49.6 Å². The fraction of sp³-hybridized carbons (Fsp3) is 0.889. The van der Waals surface area contributed by atoms with Gasteiger partial charge in [-0.2, -0.15) is 13.2 Å². The monoisotopic (exact) mass is 391 g/mol. The number of alkyl halides is 3. The second-order valence-corrected chi connectivity index (χ2v) is 8.63. The molecule has 5 rings (SSSR count). The van der Waals surface area contributed by atoms with Crippen LogP contribution in [0.3, 0.4) is 0 Å². The van der Waals surface area contributed by atoms with Crippen molar-refractivity contribution < 1.29 is 28.2 Å². The van der Waals surface area contributed by atoms with E-state index in [-0.39, 0.29) is 11.6 Å². The van der Waals surface area contributed by atoms with Crippen molar-refractivity contribution in [2.24, 2.45) is 28.5 Å². The quantitative estimate of drug-likeness (QED) is 0.471. The first-order valence-corrected chi connectivity index (χ1v) is 9.65. The Morgan fingerprint density at radius 2 is 1.44 bits per heavy atom. The lowest BCUT2D eigenvalue weighted by atomic mass is 9.53. The highest BCUT2D eigenvalue weighted by molar-refractivity contribution is 5.78. The molecular weight excluding hydrogens is 363 g/mol. The molecule has 5 fully saturated rings. The van der Waals surface area contributed by atoms with Crippen LogP contribution in [0, 0.1) is 17.8 Å². The van der Waals surface area contributed by atoms with Gasteiger partial charge in [0.2, 0.25) is 0 Å². The predicted octanol–water partition coefficient (Wildman–Crippen LogP) is 2.36. The maximum absolute atomic E-state index is 10.6. The Morgan fingerprint density at radius 1 is 1.04 bits per heavy atom. The van der Waals surface area contributed by atoms with Crippen molar-refractivity contribution in [3.63, 3.8) is 0 Å². The van der Waals surface area contributed by atoms with Crippen LogP contribution in [-0.2, 0) is 4.79 Å². The Balaban J connectivity index is 0.000000260. The third-order valence-electron chi connectivity index (χ3n) is 6.39. The number of rotatable bonds is 1. The number of halogens is 3. The summed E-state index contributed by atoms with van der Waals surface area (Å²) in [4.78, 5) is 16.1. The normalized spacial score (nSPS) is 36.4. The van der Waals surface area contributed by atoms with Crippen LogP contribution in [0.4, 0.5) is 13.2 Å². The number of carboxylic acid groups (broad SMARTS) is 1. The number of aliphatic carboxylic acids is 1. The summed E-state index contributed by atoms with van der Waals surface area (Å²) in [7, 11) is 0. The molecule has 27 heavy (non-hydrogen) atoms. The van der Waals surface area contributed by atoms with Gasteiger partial charge < -0.3 is 20.8 Å². The molecule has 1 saturated heterocycles. The third-order valence-corrected chi connectivity index (χ3v) is 6.39. The minimum absolute atomic E-state index is 0.140. The summed E-state index contributed by atoms with van der Waals surface area (Å²) in [6, 6.07) is 0. The molecule has 6 nitrogen and oxygen atoms in total. The van der Waals surface area contributed by atoms with Crippen LogP contribution < -0.4 is 5.73 Å². The Hall–Kier alpha value is -1.51. The molecule has 4 N–H and O–H groups in total. The van der Waals surface area contributed by atoms with E-state index < -0.39 is 12.1 Å². The van der Waals surface area contributed by atoms with Crippen molar-refractivity contribution in [2.45, 2.75) is 69.2 Å². The molecule has 4 aliphatic carbocycles. The van der Waals surface area contributed by atoms with Gasteiger partial charge in [0.05, 0.1) is 11.6 Å². The number of carboxylic acids is 1. The summed E-state index contributed by atoms with van der Waals surface area (Å²) in [6.45, 7) is 1.73. The van der Waals surface area contributed by atoms with Gasteiger partial charge >= 0.3 is 12.1 Å². The summed E-state index contributed by atoms with van der Waals surface area (Å²) < 4.78 is 31.7. The number of aliphatic hydroxyl groups is 1. The number of guanidine groups is 1. The Kier molecular flexibility index (Phi) is 5.61. The number of nitrogens with zero attached hydrogens (tertiary/aromatic N) is 2. The molecule has 0 aromatic heterocycles. The highest BCUT2D eigenvalue weighted by Gasteiger charge is 2.51. The molecule has 4 saturated carbocycles. The lowest BCUT2D eigenvalue weighted by molar-refractivity contribution is -0.192. The van der Waals surface area contributed by atoms with Gasteiger partial charge in [-0.3, -0.25) is 0 Å². The highest BCUT2D eigenvalue weighted by atomic mass is 19.4. The van der Waals surface area contributed by atoms with Crippen molar-refractivity contribution in [1.29, 1.82) is 0 Å². The number of nitrogens with two attached hydrogens (primary N) is 1. The van der Waals surface area contributed by atoms with E-state index in [1.165, 1.54) is 38.5 Å². The van der Waals surface area contributed by atoms with Gasteiger partial charge in [-0.15, -0.1) is 0 Å². The fourth-order valence-electron chi connectivity index (χ4n) is 5.61. The first kappa shape index (κ1) is 20.2. The van der Waals surface area contributed by atoms with Crippen molar-refractivity contribution in [3.8, 4) is 0 Å². The summed E-state index contributed by atoms with van der Waals surface area (Å²) >= 11 is 0. The minimum Gasteiger partial charge on any atom is -0.475 e. The molecule has 1 aliphatic heterocycles. The van der Waals surface area contributed by atoms with Crippen LogP contribution in [0.2, 0.25) is 0 Å². The summed E-state index contributed by atoms with van der Waals surface area (Å²) in [5.41, 5.74) is 6.49. The van der Waals surface area contributed by atoms with Gasteiger partial charge in [-0.25, -0.2) is 9.79 Å². The molecule has 0 radical (unpaired) electrons. The van der Waals surface area contributed by atoms with E-state index in [1.54, 1.807) is 0 Å². The van der Waals surface area contributed by atoms with E-state index in [9.17, 15) is 18.3 Å². The van der Waals surface area contributed by atoms with Crippen LogP contribution in [0.15, 0.2) is 4.99 Å². The van der Waals surface area contributed by atoms with Crippen molar-refractivity contribution in [1.82, 2.24) is 4.90 Å². The van der Waals surface area contributed by atoms with Crippen LogP contribution in [0.25, 0.3) is 0 Å². The van der Waals surface area contributed by atoms with Crippen LogP contribution >= 0.6 is 0 Å². The van der Waals surface area contributed by atoms with E-state index in [1.807, 2.05) is 0 Å². The number of aliphatic hydroxyl groups excluding tert-OH is 1. The molecule has 5 aliphatic rings. The van der Waals surface area contributed by atoms with E-state index in [2.05, 4.69) is 4.90 Å². The molecule has 0 amide bonds. The number of hydrogen-bond donors (Lipinski definition) is 3. The van der Waals surface area contributed by atoms with Gasteiger partial charge in [0.1, 0.15) is 0 Å². The molecular formula is C18H28F3N3O3. The number of likely N-dealkylation sites (tertiary alicyclic amines) is 1. The second kappa shape index (κ2) is 7.48. The van der Waals surface area contributed by atoms with Gasteiger partial charge in [-0.1, -0.05) is 0 Å². The van der Waals surface area contributed by atoms with Crippen molar-refractivity contribution in [2.75, 3.05) is 13.1 Å². The van der Waals surface area contributed by atoms with Gasteiger partial charge in [0.15, 0.2) is 5.96 Å². The topological polar surface area (TPSA) is 99.1 Å². The molecule has 9 heteroatoms. The summed E-state index contributed by atoms with van der Waals surface area (Å²) in [5.74, 6) is 0.745. The average molecular weight is 391 g/mol. The summed E-state index contributed by atoms with van der Waals surface area (Å²) in [5, 5.41) is 16.7. The first-order valence-electron chi connectivity index (χ1n) is 9.65. The number of hydrogen-bond acceptors (Lipinski definition) is 3. The van der Waals surface area contributed by atoms with Crippen LogP contribution in [-0.4, -0.2) is 58.0 Å². The molecule has 0 aromatic carbocycles. The zero-order chi connectivity index (χ0) is 19.8. The molecule has 0 aromatic rings. The maximum atomic E-state index is 10.6. The third kappa shape index (κ3) is 4.86. The molecule has 1 heterocycles. The number of piperidine rings is 1. The minimum atomic E-state index is -5.08. The van der Waals surface area contributed by atoms with Crippen molar-refractivity contribution >= 4 is 11.9 Å². The Bertz CT molecular complexity index is 551. The number of carbonyl (C=O) groups is 1. The smallest absolute Gasteiger partial charge is 0.475 e. The fourth-order valence-corrected chi connectivity index (χ4v) is 5.61. The Morgan fingerprint density at radius 3 is 1.81 bits per heavy atom. The zero-order valence-electron chi connectivity index (χ0n) is 15.3. The molecule has 0 spiro atoms. The first-order chi connectivity index (χ1) is 12.6. The van der Waals surface area contributed by atoms with E-state index in [0.29, 0.717) is 0 Å². The lowest BCUT2D eigenvalue weighted by Gasteiger charge is -2.55.